The van der Waals surface area contributed by atoms with Gasteiger partial charge in [-0.15, -0.1) is 0 Å². The molecule has 0 fully saturated rings. The summed E-state index contributed by atoms with van der Waals surface area (Å²) in [6.45, 7) is -2.11. The van der Waals surface area contributed by atoms with Gasteiger partial charge in [0.05, 0.1) is 11.1 Å². The maximum Gasteiger partial charge on any atom is 0.248 e. The Morgan fingerprint density at radius 2 is 2.17 bits per heavy atom. The summed E-state index contributed by atoms with van der Waals surface area (Å²) in [5.41, 5.74) is 0.945. The normalized spacial score (nSPS) is 14.8. The molecule has 1 heterocycles. The fraction of sp³-hybridized carbons (Fsp3) is 0.100. The van der Waals surface area contributed by atoms with Crippen molar-refractivity contribution < 1.29 is 8.68 Å². The molecular formula is C10H11N2+. The molecule has 0 aliphatic heterocycles. The van der Waals surface area contributed by atoms with Gasteiger partial charge in [-0.05, 0) is 12.1 Å². The molecular weight excluding hydrogens is 148 g/mol. The van der Waals surface area contributed by atoms with Gasteiger partial charge >= 0.3 is 0 Å². The number of nitrogens with zero attached hydrogens (tertiary/aromatic N) is 2. The van der Waals surface area contributed by atoms with Crippen LogP contribution in [0.25, 0.3) is 5.69 Å². The third-order valence-electron chi connectivity index (χ3n) is 1.69. The third kappa shape index (κ3) is 1.23. The number of imidazole rings is 1. The Bertz CT molecular complexity index is 445. The molecule has 60 valence electrons. The van der Waals surface area contributed by atoms with Crippen molar-refractivity contribution in [2.24, 2.45) is 6.98 Å². The van der Waals surface area contributed by atoms with Crippen LogP contribution < -0.4 is 4.57 Å². The Hall–Kier alpha value is -1.57. The highest BCUT2D eigenvalue weighted by atomic mass is 15.1. The van der Waals surface area contributed by atoms with E-state index >= 15 is 0 Å². The first kappa shape index (κ1) is 4.45. The van der Waals surface area contributed by atoms with Crippen LogP contribution in [-0.2, 0) is 6.98 Å². The number of rotatable bonds is 1. The Balaban J connectivity index is 2.37. The summed E-state index contributed by atoms with van der Waals surface area (Å²) in [5.74, 6) is 0. The van der Waals surface area contributed by atoms with Crippen LogP contribution in [0.4, 0.5) is 0 Å². The molecule has 2 nitrogen and oxygen atoms in total. The van der Waals surface area contributed by atoms with E-state index in [4.69, 9.17) is 4.11 Å². The number of aromatic nitrogens is 2. The maximum absolute atomic E-state index is 7.23. The van der Waals surface area contributed by atoms with Crippen LogP contribution in [0.5, 0.6) is 0 Å². The fourth-order valence-corrected chi connectivity index (χ4v) is 1.11. The number of hydrogen-bond donors (Lipinski definition) is 0. The van der Waals surface area contributed by atoms with Crippen molar-refractivity contribution in [2.75, 3.05) is 0 Å². The second kappa shape index (κ2) is 2.81. The van der Waals surface area contributed by atoms with E-state index in [1.54, 1.807) is 23.3 Å². The molecule has 12 heavy (non-hydrogen) atoms. The zero-order chi connectivity index (χ0) is 10.9. The standard InChI is InChI=1S/C10H11N2/c1-11-7-8-12(9-11)10-5-3-2-4-6-10/h2-9H,1H3/q+1/i1D3. The van der Waals surface area contributed by atoms with Crippen LogP contribution >= 0.6 is 0 Å². The maximum atomic E-state index is 7.23. The van der Waals surface area contributed by atoms with E-state index in [9.17, 15) is 0 Å². The van der Waals surface area contributed by atoms with E-state index in [-0.39, 0.29) is 0 Å². The van der Waals surface area contributed by atoms with E-state index in [1.165, 1.54) is 4.57 Å². The van der Waals surface area contributed by atoms with Gasteiger partial charge in [0.15, 0.2) is 0 Å². The highest BCUT2D eigenvalue weighted by Gasteiger charge is 2.00. The number of hydrogen-bond acceptors (Lipinski definition) is 0. The van der Waals surface area contributed by atoms with Crippen molar-refractivity contribution in [3.63, 3.8) is 0 Å². The Morgan fingerprint density at radius 3 is 2.83 bits per heavy atom. The van der Waals surface area contributed by atoms with E-state index in [2.05, 4.69) is 0 Å². The van der Waals surface area contributed by atoms with Crippen LogP contribution in [0, 0.1) is 0 Å². The quantitative estimate of drug-likeness (QED) is 0.559. The molecule has 0 radical (unpaired) electrons. The molecule has 0 amide bonds. The summed E-state index contributed by atoms with van der Waals surface area (Å²) in [4.78, 5) is 0. The molecule has 0 spiro atoms. The Kier molecular flexibility index (Phi) is 1.04. The third-order valence-corrected chi connectivity index (χ3v) is 1.69. The first-order valence-electron chi connectivity index (χ1n) is 5.22. The number of para-hydroxylation sites is 1. The first-order chi connectivity index (χ1) is 7.07. The summed E-state index contributed by atoms with van der Waals surface area (Å²) in [6, 6.07) is 9.59. The molecule has 2 aromatic rings. The average molecular weight is 162 g/mol. The molecule has 0 aliphatic rings. The van der Waals surface area contributed by atoms with Crippen LogP contribution in [0.15, 0.2) is 49.1 Å². The molecule has 1 aromatic heterocycles. The van der Waals surface area contributed by atoms with E-state index in [1.807, 2.05) is 30.3 Å². The predicted molar refractivity (Wildman–Crippen MR) is 46.9 cm³/mol. The molecule has 0 saturated carbocycles. The lowest BCUT2D eigenvalue weighted by Gasteiger charge is -1.91. The minimum absolute atomic E-state index is 0.945. The van der Waals surface area contributed by atoms with Crippen molar-refractivity contribution in [1.29, 1.82) is 0 Å². The lowest BCUT2D eigenvalue weighted by molar-refractivity contribution is -0.670. The molecule has 1 aromatic carbocycles. The van der Waals surface area contributed by atoms with Gasteiger partial charge in [0.25, 0.3) is 0 Å². The lowest BCUT2D eigenvalue weighted by Crippen LogP contribution is -2.23. The van der Waals surface area contributed by atoms with Gasteiger partial charge in [-0.3, -0.25) is 0 Å². The van der Waals surface area contributed by atoms with Gasteiger partial charge < -0.3 is 0 Å². The minimum atomic E-state index is -2.11. The zero-order valence-corrected chi connectivity index (χ0v) is 6.51. The summed E-state index contributed by atoms with van der Waals surface area (Å²) < 4.78 is 24.7. The van der Waals surface area contributed by atoms with Gasteiger partial charge in [-0.1, -0.05) is 18.2 Å². The summed E-state index contributed by atoms with van der Waals surface area (Å²) >= 11 is 0. The van der Waals surface area contributed by atoms with Crippen LogP contribution in [0.1, 0.15) is 4.11 Å². The molecule has 0 N–H and O–H groups in total. The smallest absolute Gasteiger partial charge is 0.239 e. The van der Waals surface area contributed by atoms with Crippen molar-refractivity contribution in [3.05, 3.63) is 49.1 Å². The van der Waals surface area contributed by atoms with Gasteiger partial charge in [0.1, 0.15) is 18.1 Å². The largest absolute Gasteiger partial charge is 0.248 e. The van der Waals surface area contributed by atoms with Crippen molar-refractivity contribution in [2.45, 2.75) is 0 Å². The minimum Gasteiger partial charge on any atom is -0.239 e. The summed E-state index contributed by atoms with van der Waals surface area (Å²) in [7, 11) is 0. The lowest BCUT2D eigenvalue weighted by atomic mass is 10.3. The topological polar surface area (TPSA) is 8.81 Å². The first-order valence-corrected chi connectivity index (χ1v) is 3.72. The average Bonchev–Trinajstić information content (AvgIpc) is 2.67. The van der Waals surface area contributed by atoms with E-state index < -0.39 is 6.98 Å². The van der Waals surface area contributed by atoms with E-state index in [0.29, 0.717) is 0 Å². The Labute approximate surface area is 75.9 Å². The summed E-state index contributed by atoms with van der Waals surface area (Å²) in [5, 5.41) is 0. The number of aryl methyl sites for hydroxylation is 1. The molecule has 0 unspecified atom stereocenters. The van der Waals surface area contributed by atoms with Gasteiger partial charge in [0.2, 0.25) is 6.33 Å². The molecule has 2 rings (SSSR count). The fourth-order valence-electron chi connectivity index (χ4n) is 1.11. The predicted octanol–water partition coefficient (Wildman–Crippen LogP) is 1.30. The van der Waals surface area contributed by atoms with Crippen molar-refractivity contribution in [3.8, 4) is 5.69 Å². The second-order valence-electron chi connectivity index (χ2n) is 2.56. The highest BCUT2D eigenvalue weighted by molar-refractivity contribution is 5.30. The van der Waals surface area contributed by atoms with Crippen LogP contribution in [-0.4, -0.2) is 4.57 Å². The van der Waals surface area contributed by atoms with Crippen molar-refractivity contribution in [1.82, 2.24) is 4.57 Å². The van der Waals surface area contributed by atoms with Crippen molar-refractivity contribution >= 4 is 0 Å². The molecule has 0 aliphatic carbocycles. The number of benzene rings is 1. The monoisotopic (exact) mass is 162 g/mol. The molecule has 0 atom stereocenters. The van der Waals surface area contributed by atoms with Crippen LogP contribution in [0.3, 0.4) is 0 Å². The molecule has 0 bridgehead atoms. The zero-order valence-electron chi connectivity index (χ0n) is 9.51. The van der Waals surface area contributed by atoms with Gasteiger partial charge in [-0.2, -0.15) is 0 Å². The van der Waals surface area contributed by atoms with Gasteiger partial charge in [0, 0.05) is 0 Å². The molecule has 0 saturated heterocycles. The van der Waals surface area contributed by atoms with Gasteiger partial charge in [-0.25, -0.2) is 9.13 Å². The Morgan fingerprint density at radius 1 is 1.33 bits per heavy atom. The van der Waals surface area contributed by atoms with E-state index in [0.717, 1.165) is 5.69 Å². The van der Waals surface area contributed by atoms with Crippen LogP contribution in [0.2, 0.25) is 0 Å². The summed E-state index contributed by atoms with van der Waals surface area (Å²) in [6.07, 6.45) is 4.82. The second-order valence-corrected chi connectivity index (χ2v) is 2.56. The molecule has 2 heteroatoms. The highest BCUT2D eigenvalue weighted by Crippen LogP contribution is 2.03. The SMILES string of the molecule is [2H]C([2H])([2H])[n+]1ccn(-c2ccccc2)c1.